The van der Waals surface area contributed by atoms with Crippen LogP contribution in [0.5, 0.6) is 0 Å². The van der Waals surface area contributed by atoms with Crippen LogP contribution in [-0.4, -0.2) is 23.5 Å². The van der Waals surface area contributed by atoms with Crippen molar-refractivity contribution in [1.82, 2.24) is 4.42 Å². The lowest BCUT2D eigenvalue weighted by Crippen LogP contribution is -2.19. The predicted molar refractivity (Wildman–Crippen MR) is 55.6 cm³/mol. The molecule has 1 rings (SSSR count). The molecule has 78 valence electrons. The van der Waals surface area contributed by atoms with Crippen LogP contribution in [0.3, 0.4) is 0 Å². The van der Waals surface area contributed by atoms with Crippen LogP contribution in [0, 0.1) is 0 Å². The van der Waals surface area contributed by atoms with Gasteiger partial charge in [-0.05, 0) is 19.4 Å². The molecular formula is C10H14ClNO2. The molecule has 0 spiro atoms. The van der Waals surface area contributed by atoms with Crippen LogP contribution in [0.25, 0.3) is 0 Å². The highest BCUT2D eigenvalue weighted by molar-refractivity contribution is 6.14. The average Bonchev–Trinajstić information content (AvgIpc) is 2.12. The van der Waals surface area contributed by atoms with Crippen molar-refractivity contribution in [1.29, 1.82) is 0 Å². The maximum Gasteiger partial charge on any atom is 0.311 e. The summed E-state index contributed by atoms with van der Waals surface area (Å²) in [6.07, 6.45) is 4.16. The van der Waals surface area contributed by atoms with Gasteiger partial charge in [0.2, 0.25) is 0 Å². The van der Waals surface area contributed by atoms with E-state index in [-0.39, 0.29) is 12.4 Å². The normalized spacial score (nSPS) is 16.1. The molecule has 1 aliphatic heterocycles. The first-order valence-corrected chi connectivity index (χ1v) is 4.94. The second-order valence-corrected chi connectivity index (χ2v) is 3.47. The first kappa shape index (κ1) is 11.1. The lowest BCUT2D eigenvalue weighted by atomic mass is 10.1. The Morgan fingerprint density at radius 2 is 2.43 bits per heavy atom. The van der Waals surface area contributed by atoms with Gasteiger partial charge in [0.25, 0.3) is 0 Å². The summed E-state index contributed by atoms with van der Waals surface area (Å²) in [7, 11) is 0. The van der Waals surface area contributed by atoms with Crippen molar-refractivity contribution in [2.75, 3.05) is 13.2 Å². The van der Waals surface area contributed by atoms with Crippen molar-refractivity contribution >= 4 is 17.7 Å². The summed E-state index contributed by atoms with van der Waals surface area (Å²) in [4.78, 5) is 11.2. The minimum absolute atomic E-state index is 0.234. The summed E-state index contributed by atoms with van der Waals surface area (Å²) >= 11 is 5.94. The fourth-order valence-corrected chi connectivity index (χ4v) is 1.57. The molecule has 0 atom stereocenters. The number of rotatable bonds is 3. The molecule has 3 nitrogen and oxygen atoms in total. The Hall–Kier alpha value is -0.960. The van der Waals surface area contributed by atoms with E-state index >= 15 is 0 Å². The van der Waals surface area contributed by atoms with E-state index in [4.69, 9.17) is 16.5 Å². The number of hydrogen-bond donors (Lipinski definition) is 0. The van der Waals surface area contributed by atoms with Gasteiger partial charge in [-0.3, -0.25) is 9.21 Å². The van der Waals surface area contributed by atoms with Crippen LogP contribution < -0.4 is 0 Å². The van der Waals surface area contributed by atoms with Gasteiger partial charge < -0.3 is 4.74 Å². The molecule has 0 amide bonds. The summed E-state index contributed by atoms with van der Waals surface area (Å²) in [5, 5.41) is 0. The number of allylic oxidation sites excluding steroid dienone is 2. The van der Waals surface area contributed by atoms with Gasteiger partial charge in [-0.2, -0.15) is 0 Å². The Bertz CT molecular complexity index is 284. The second-order valence-electron chi connectivity index (χ2n) is 3.06. The Morgan fingerprint density at radius 3 is 3.00 bits per heavy atom. The number of carbonyl (C=O) groups is 1. The number of hydrogen-bond acceptors (Lipinski definition) is 3. The molecule has 0 radical (unpaired) electrons. The Kier molecular flexibility index (Phi) is 4.01. The molecule has 0 saturated heterocycles. The maximum absolute atomic E-state index is 11.2. The molecule has 4 heteroatoms. The fourth-order valence-electron chi connectivity index (χ4n) is 1.29. The van der Waals surface area contributed by atoms with Crippen LogP contribution >= 0.6 is 11.8 Å². The van der Waals surface area contributed by atoms with E-state index in [0.717, 1.165) is 11.3 Å². The lowest BCUT2D eigenvalue weighted by Gasteiger charge is -2.22. The van der Waals surface area contributed by atoms with Gasteiger partial charge in [0.1, 0.15) is 0 Å². The van der Waals surface area contributed by atoms with Crippen molar-refractivity contribution in [2.24, 2.45) is 0 Å². The molecular weight excluding hydrogens is 202 g/mol. The molecule has 0 aromatic rings. The first-order chi connectivity index (χ1) is 6.65. The van der Waals surface area contributed by atoms with Crippen molar-refractivity contribution in [3.63, 3.8) is 0 Å². The number of ether oxygens (including phenoxy) is 1. The molecule has 0 aliphatic carbocycles. The molecule has 14 heavy (non-hydrogen) atoms. The summed E-state index contributed by atoms with van der Waals surface area (Å²) in [6, 6.07) is 0. The molecule has 0 aromatic carbocycles. The highest BCUT2D eigenvalue weighted by atomic mass is 35.5. The van der Waals surface area contributed by atoms with Gasteiger partial charge in [0.05, 0.1) is 19.6 Å². The zero-order valence-corrected chi connectivity index (χ0v) is 9.17. The van der Waals surface area contributed by atoms with Crippen LogP contribution in [0.2, 0.25) is 0 Å². The fraction of sp³-hybridized carbons (Fsp3) is 0.500. The van der Waals surface area contributed by atoms with Gasteiger partial charge in [-0.15, -0.1) is 0 Å². The average molecular weight is 216 g/mol. The van der Waals surface area contributed by atoms with Crippen LogP contribution in [0.15, 0.2) is 23.4 Å². The minimum atomic E-state index is -0.234. The highest BCUT2D eigenvalue weighted by Gasteiger charge is 2.16. The maximum atomic E-state index is 11.2. The van der Waals surface area contributed by atoms with Gasteiger partial charge in [0.15, 0.2) is 0 Å². The second kappa shape index (κ2) is 5.05. The summed E-state index contributed by atoms with van der Waals surface area (Å²) in [6.45, 7) is 4.76. The SMILES string of the molecule is CCOC(=O)CC1=C(C)C=CCN1Cl. The monoisotopic (exact) mass is 215 g/mol. The molecule has 0 bridgehead atoms. The molecule has 0 unspecified atom stereocenters. The standard InChI is InChI=1S/C10H14ClNO2/c1-3-14-10(13)7-9-8(2)5-4-6-12(9)11/h4-5H,3,6-7H2,1-2H3. The van der Waals surface area contributed by atoms with E-state index < -0.39 is 0 Å². The van der Waals surface area contributed by atoms with E-state index in [1.54, 1.807) is 11.3 Å². The number of carbonyl (C=O) groups excluding carboxylic acids is 1. The third-order valence-corrected chi connectivity index (χ3v) is 2.34. The topological polar surface area (TPSA) is 29.5 Å². The number of nitrogens with zero attached hydrogens (tertiary/aromatic N) is 1. The van der Waals surface area contributed by atoms with Crippen LogP contribution in [0.4, 0.5) is 0 Å². The minimum Gasteiger partial charge on any atom is -0.466 e. The molecule has 0 aromatic heterocycles. The zero-order valence-electron chi connectivity index (χ0n) is 8.42. The molecule has 0 N–H and O–H groups in total. The Labute approximate surface area is 89.1 Å². The van der Waals surface area contributed by atoms with E-state index in [0.29, 0.717) is 13.2 Å². The van der Waals surface area contributed by atoms with Gasteiger partial charge in [0, 0.05) is 17.5 Å². The Morgan fingerprint density at radius 1 is 1.71 bits per heavy atom. The lowest BCUT2D eigenvalue weighted by molar-refractivity contribution is -0.142. The predicted octanol–water partition coefficient (Wildman–Crippen LogP) is 2.24. The van der Waals surface area contributed by atoms with E-state index in [2.05, 4.69) is 0 Å². The molecule has 1 aliphatic rings. The van der Waals surface area contributed by atoms with Crippen molar-refractivity contribution in [3.05, 3.63) is 23.4 Å². The van der Waals surface area contributed by atoms with Crippen LogP contribution in [-0.2, 0) is 9.53 Å². The van der Waals surface area contributed by atoms with Crippen molar-refractivity contribution in [3.8, 4) is 0 Å². The molecule has 0 saturated carbocycles. The van der Waals surface area contributed by atoms with Gasteiger partial charge in [-0.25, -0.2) is 0 Å². The van der Waals surface area contributed by atoms with Crippen molar-refractivity contribution in [2.45, 2.75) is 20.3 Å². The Balaban J connectivity index is 2.65. The zero-order chi connectivity index (χ0) is 10.6. The van der Waals surface area contributed by atoms with Crippen LogP contribution in [0.1, 0.15) is 20.3 Å². The van der Waals surface area contributed by atoms with E-state index in [1.807, 2.05) is 19.1 Å². The van der Waals surface area contributed by atoms with Gasteiger partial charge in [-0.1, -0.05) is 12.2 Å². The molecule has 0 fully saturated rings. The highest BCUT2D eigenvalue weighted by Crippen LogP contribution is 2.21. The van der Waals surface area contributed by atoms with E-state index in [9.17, 15) is 4.79 Å². The molecule has 1 heterocycles. The number of halogens is 1. The summed E-state index contributed by atoms with van der Waals surface area (Å²) in [5.41, 5.74) is 1.84. The summed E-state index contributed by atoms with van der Waals surface area (Å²) < 4.78 is 6.41. The van der Waals surface area contributed by atoms with Gasteiger partial charge >= 0.3 is 5.97 Å². The summed E-state index contributed by atoms with van der Waals surface area (Å²) in [5.74, 6) is -0.234. The third kappa shape index (κ3) is 2.77. The van der Waals surface area contributed by atoms with E-state index in [1.165, 1.54) is 0 Å². The van der Waals surface area contributed by atoms with Crippen molar-refractivity contribution < 1.29 is 9.53 Å². The smallest absolute Gasteiger partial charge is 0.311 e. The number of esters is 1. The first-order valence-electron chi connectivity index (χ1n) is 4.60. The third-order valence-electron chi connectivity index (χ3n) is 2.00. The largest absolute Gasteiger partial charge is 0.466 e. The quantitative estimate of drug-likeness (QED) is 0.534.